The number of hydrogen-bond acceptors (Lipinski definition) is 2. The van der Waals surface area contributed by atoms with E-state index in [9.17, 15) is 4.79 Å². The lowest BCUT2D eigenvalue weighted by Gasteiger charge is -1.86. The molecule has 0 aromatic carbocycles. The van der Waals surface area contributed by atoms with Crippen molar-refractivity contribution in [2.75, 3.05) is 11.5 Å². The Labute approximate surface area is 51.4 Å². The monoisotopic (exact) mass is 136 g/mol. The summed E-state index contributed by atoms with van der Waals surface area (Å²) in [7, 11) is 0. The number of hydrogen-bond donors (Lipinski definition) is 0. The highest BCUT2D eigenvalue weighted by atomic mass is 35.5. The molecule has 1 rings (SSSR count). The fourth-order valence-corrected chi connectivity index (χ4v) is 1.80. The van der Waals surface area contributed by atoms with E-state index >= 15 is 0 Å². The smallest absolute Gasteiger partial charge is 0.161 e. The van der Waals surface area contributed by atoms with Crippen LogP contribution in [0.3, 0.4) is 0 Å². The lowest BCUT2D eigenvalue weighted by Crippen LogP contribution is -2.08. The van der Waals surface area contributed by atoms with Gasteiger partial charge in [0.2, 0.25) is 0 Å². The van der Waals surface area contributed by atoms with Gasteiger partial charge in [-0.05, 0) is 0 Å². The molecule has 3 heteroatoms. The molecule has 0 aliphatic carbocycles. The van der Waals surface area contributed by atoms with Gasteiger partial charge in [0.05, 0.1) is 5.75 Å². The van der Waals surface area contributed by atoms with E-state index in [0.717, 1.165) is 5.75 Å². The van der Waals surface area contributed by atoms with E-state index in [4.69, 9.17) is 11.6 Å². The van der Waals surface area contributed by atoms with Gasteiger partial charge in [0, 0.05) is 5.75 Å². The van der Waals surface area contributed by atoms with Gasteiger partial charge in [0.1, 0.15) is 5.38 Å². The van der Waals surface area contributed by atoms with Crippen molar-refractivity contribution in [1.82, 2.24) is 0 Å². The summed E-state index contributed by atoms with van der Waals surface area (Å²) in [5.74, 6) is 1.61. The maximum Gasteiger partial charge on any atom is 0.161 e. The first kappa shape index (κ1) is 5.45. The molecular formula is C4H5ClOS. The molecule has 1 atom stereocenters. The zero-order valence-corrected chi connectivity index (χ0v) is 5.26. The van der Waals surface area contributed by atoms with Crippen molar-refractivity contribution in [3.8, 4) is 0 Å². The highest BCUT2D eigenvalue weighted by Gasteiger charge is 2.21. The number of Topliss-reactive ketones (excluding diaryl/α,β-unsaturated/α-hetero) is 1. The van der Waals surface area contributed by atoms with Crippen molar-refractivity contribution >= 4 is 29.1 Å². The summed E-state index contributed by atoms with van der Waals surface area (Å²) in [4.78, 5) is 10.4. The minimum absolute atomic E-state index is 0.187. The van der Waals surface area contributed by atoms with Gasteiger partial charge in [-0.1, -0.05) is 0 Å². The Hall–Kier alpha value is 0.310. The molecule has 1 heterocycles. The van der Waals surface area contributed by atoms with Crippen LogP contribution in [0.2, 0.25) is 0 Å². The molecule has 0 radical (unpaired) electrons. The van der Waals surface area contributed by atoms with E-state index in [2.05, 4.69) is 0 Å². The van der Waals surface area contributed by atoms with Crippen LogP contribution in [0, 0.1) is 0 Å². The van der Waals surface area contributed by atoms with Gasteiger partial charge in [0.15, 0.2) is 5.78 Å². The van der Waals surface area contributed by atoms with Crippen LogP contribution in [-0.4, -0.2) is 22.7 Å². The number of rotatable bonds is 0. The zero-order valence-electron chi connectivity index (χ0n) is 3.69. The molecule has 1 unspecified atom stereocenters. The van der Waals surface area contributed by atoms with Crippen molar-refractivity contribution in [2.45, 2.75) is 5.38 Å². The molecular weight excluding hydrogens is 132 g/mol. The second kappa shape index (κ2) is 2.05. The fourth-order valence-electron chi connectivity index (χ4n) is 0.446. The molecule has 1 aliphatic rings. The second-order valence-electron chi connectivity index (χ2n) is 1.45. The van der Waals surface area contributed by atoms with Crippen molar-refractivity contribution in [2.24, 2.45) is 0 Å². The Bertz CT molecular complexity index is 93.7. The molecule has 0 aromatic rings. The molecule has 7 heavy (non-hydrogen) atoms. The lowest BCUT2D eigenvalue weighted by atomic mass is 10.3. The second-order valence-corrected chi connectivity index (χ2v) is 3.01. The minimum atomic E-state index is -0.190. The van der Waals surface area contributed by atoms with Crippen LogP contribution < -0.4 is 0 Å². The third kappa shape index (κ3) is 1.10. The van der Waals surface area contributed by atoms with Crippen molar-refractivity contribution < 1.29 is 4.79 Å². The molecule has 0 N–H and O–H groups in total. The van der Waals surface area contributed by atoms with Crippen LogP contribution in [0.4, 0.5) is 0 Å². The summed E-state index contributed by atoms with van der Waals surface area (Å²) in [5.41, 5.74) is 0. The van der Waals surface area contributed by atoms with E-state index in [1.165, 1.54) is 0 Å². The maximum atomic E-state index is 10.4. The molecule has 0 spiro atoms. The molecule has 0 amide bonds. The quantitative estimate of drug-likeness (QED) is 0.461. The highest BCUT2D eigenvalue weighted by molar-refractivity contribution is 8.00. The summed E-state index contributed by atoms with van der Waals surface area (Å²) >= 11 is 7.10. The molecule has 1 saturated heterocycles. The summed E-state index contributed by atoms with van der Waals surface area (Å²) in [6.07, 6.45) is 0. The average Bonchev–Trinajstić information content (AvgIpc) is 1.91. The maximum absolute atomic E-state index is 10.4. The lowest BCUT2D eigenvalue weighted by molar-refractivity contribution is -0.115. The number of carbonyl (C=O) groups is 1. The number of alkyl halides is 1. The molecule has 1 aliphatic heterocycles. The Morgan fingerprint density at radius 1 is 1.86 bits per heavy atom. The predicted octanol–water partition coefficient (Wildman–Crippen LogP) is 0.910. The summed E-state index contributed by atoms with van der Waals surface area (Å²) in [5, 5.41) is -0.190. The molecule has 0 saturated carbocycles. The molecule has 40 valence electrons. The third-order valence-corrected chi connectivity index (χ3v) is 2.50. The Morgan fingerprint density at radius 2 is 2.57 bits per heavy atom. The highest BCUT2D eigenvalue weighted by Crippen LogP contribution is 2.18. The van der Waals surface area contributed by atoms with Crippen LogP contribution in [0.5, 0.6) is 0 Å². The largest absolute Gasteiger partial charge is 0.297 e. The van der Waals surface area contributed by atoms with E-state index in [1.807, 2.05) is 0 Å². The summed E-state index contributed by atoms with van der Waals surface area (Å²) in [6.45, 7) is 0. The fraction of sp³-hybridized carbons (Fsp3) is 0.750. The van der Waals surface area contributed by atoms with E-state index in [0.29, 0.717) is 5.75 Å². The van der Waals surface area contributed by atoms with Crippen molar-refractivity contribution in [3.05, 3.63) is 0 Å². The summed E-state index contributed by atoms with van der Waals surface area (Å²) in [6, 6.07) is 0. The van der Waals surface area contributed by atoms with Gasteiger partial charge in [-0.15, -0.1) is 11.6 Å². The topological polar surface area (TPSA) is 17.1 Å². The van der Waals surface area contributed by atoms with E-state index in [1.54, 1.807) is 11.8 Å². The van der Waals surface area contributed by atoms with Gasteiger partial charge < -0.3 is 0 Å². The van der Waals surface area contributed by atoms with Crippen LogP contribution >= 0.6 is 23.4 Å². The Morgan fingerprint density at radius 3 is 2.71 bits per heavy atom. The average molecular weight is 137 g/mol. The number of carbonyl (C=O) groups excluding carboxylic acids is 1. The summed E-state index contributed by atoms with van der Waals surface area (Å²) < 4.78 is 0. The van der Waals surface area contributed by atoms with E-state index in [-0.39, 0.29) is 11.2 Å². The first-order valence-corrected chi connectivity index (χ1v) is 3.64. The van der Waals surface area contributed by atoms with Crippen LogP contribution in [0.15, 0.2) is 0 Å². The van der Waals surface area contributed by atoms with Crippen LogP contribution in [0.1, 0.15) is 0 Å². The Kier molecular flexibility index (Phi) is 1.60. The number of halogens is 1. The number of thioether (sulfide) groups is 1. The van der Waals surface area contributed by atoms with Crippen LogP contribution in [0.25, 0.3) is 0 Å². The van der Waals surface area contributed by atoms with Crippen molar-refractivity contribution in [1.29, 1.82) is 0 Å². The van der Waals surface area contributed by atoms with E-state index < -0.39 is 0 Å². The SMILES string of the molecule is O=C1CSCC1Cl. The predicted molar refractivity (Wildman–Crippen MR) is 32.0 cm³/mol. The standard InChI is InChI=1S/C4H5ClOS/c5-3-1-7-2-4(3)6/h3H,1-2H2. The molecule has 0 aromatic heterocycles. The van der Waals surface area contributed by atoms with Crippen LogP contribution in [-0.2, 0) is 4.79 Å². The molecule has 1 nitrogen and oxygen atoms in total. The normalized spacial score (nSPS) is 31.6. The molecule has 1 fully saturated rings. The number of ketones is 1. The van der Waals surface area contributed by atoms with Gasteiger partial charge in [-0.2, -0.15) is 11.8 Å². The third-order valence-electron chi connectivity index (χ3n) is 0.858. The van der Waals surface area contributed by atoms with Gasteiger partial charge in [-0.3, -0.25) is 4.79 Å². The van der Waals surface area contributed by atoms with Gasteiger partial charge >= 0.3 is 0 Å². The molecule has 0 bridgehead atoms. The Balaban J connectivity index is 2.48. The first-order chi connectivity index (χ1) is 3.30. The minimum Gasteiger partial charge on any atom is -0.297 e. The van der Waals surface area contributed by atoms with Gasteiger partial charge in [-0.25, -0.2) is 0 Å². The van der Waals surface area contributed by atoms with Gasteiger partial charge in [0.25, 0.3) is 0 Å². The zero-order chi connectivity index (χ0) is 5.28. The first-order valence-electron chi connectivity index (χ1n) is 2.05. The van der Waals surface area contributed by atoms with Crippen molar-refractivity contribution in [3.63, 3.8) is 0 Å².